The summed E-state index contributed by atoms with van der Waals surface area (Å²) in [7, 11) is 0. The van der Waals surface area contributed by atoms with Crippen LogP contribution < -0.4 is 28.4 Å². The Morgan fingerprint density at radius 2 is 0.724 bits per heavy atom. The van der Waals surface area contributed by atoms with Crippen LogP contribution in [0.1, 0.15) is 251 Å². The fourth-order valence-corrected chi connectivity index (χ4v) is 13.2. The van der Waals surface area contributed by atoms with E-state index in [2.05, 4.69) is 96.9 Å². The van der Waals surface area contributed by atoms with Crippen LogP contribution in [0.3, 0.4) is 0 Å². The Bertz CT molecular complexity index is 2620. The van der Waals surface area contributed by atoms with Crippen molar-refractivity contribution in [3.8, 4) is 44.3 Å². The number of hydrogen-bond acceptors (Lipinski definition) is 16. The molecule has 0 amide bonds. The summed E-state index contributed by atoms with van der Waals surface area (Å²) in [4.78, 5) is 60.2. The third-order valence-electron chi connectivity index (χ3n) is 16.7. The van der Waals surface area contributed by atoms with Crippen LogP contribution in [-0.2, 0) is 29.8 Å². The van der Waals surface area contributed by atoms with E-state index in [9.17, 15) is 19.2 Å². The van der Waals surface area contributed by atoms with Crippen LogP contribution in [0.15, 0.2) is 36.4 Å². The number of carbonyl (C=O) groups is 4. The van der Waals surface area contributed by atoms with Gasteiger partial charge < -0.3 is 47.4 Å². The monoisotopic (exact) mass is 1240 g/mol. The van der Waals surface area contributed by atoms with Gasteiger partial charge in [0.2, 0.25) is 0 Å². The predicted octanol–water partition coefficient (Wildman–Crippen LogP) is 18.3. The van der Waals surface area contributed by atoms with Gasteiger partial charge in [0.25, 0.3) is 0 Å². The van der Waals surface area contributed by atoms with Crippen molar-refractivity contribution in [1.82, 2.24) is 0 Å². The first-order valence-electron chi connectivity index (χ1n) is 32.7. The van der Waals surface area contributed by atoms with Gasteiger partial charge in [0, 0.05) is 10.8 Å². The fraction of sp³-hybridized carbons (Fsp3) is 0.662. The first kappa shape index (κ1) is 70.6. The van der Waals surface area contributed by atoms with Crippen LogP contribution >= 0.6 is 22.7 Å². The van der Waals surface area contributed by atoms with Crippen molar-refractivity contribution in [3.05, 3.63) is 68.4 Å². The highest BCUT2D eigenvalue weighted by Crippen LogP contribution is 2.61. The van der Waals surface area contributed by atoms with Crippen molar-refractivity contribution in [2.75, 3.05) is 66.1 Å². The van der Waals surface area contributed by atoms with Crippen LogP contribution in [-0.4, -0.2) is 89.9 Å². The summed E-state index contributed by atoms with van der Waals surface area (Å²) < 4.78 is 64.6. The highest BCUT2D eigenvalue weighted by Gasteiger charge is 2.43. The molecule has 4 heterocycles. The lowest BCUT2D eigenvalue weighted by Crippen LogP contribution is -2.44. The summed E-state index contributed by atoms with van der Waals surface area (Å²) in [5, 5.41) is 0. The third kappa shape index (κ3) is 20.0. The highest BCUT2D eigenvalue weighted by atomic mass is 32.1. The van der Waals surface area contributed by atoms with Crippen molar-refractivity contribution in [2.24, 2.45) is 29.1 Å². The molecule has 87 heavy (non-hydrogen) atoms. The van der Waals surface area contributed by atoms with Gasteiger partial charge in [-0.15, -0.1) is 22.7 Å². The lowest BCUT2D eigenvalue weighted by atomic mass is 9.92. The number of esters is 4. The molecule has 16 heteroatoms. The van der Waals surface area contributed by atoms with Crippen LogP contribution in [0, 0.1) is 29.1 Å². The minimum atomic E-state index is -1.15. The first-order chi connectivity index (χ1) is 41.6. The maximum Gasteiger partial charge on any atom is 0.338 e. The number of rotatable bonds is 35. The van der Waals surface area contributed by atoms with Crippen molar-refractivity contribution in [2.45, 2.75) is 210 Å². The van der Waals surface area contributed by atoms with Crippen molar-refractivity contribution in [1.29, 1.82) is 0 Å². The van der Waals surface area contributed by atoms with Gasteiger partial charge in [-0.2, -0.15) is 0 Å². The van der Waals surface area contributed by atoms with E-state index < -0.39 is 34.7 Å². The van der Waals surface area contributed by atoms with Gasteiger partial charge >= 0.3 is 23.9 Å². The molecular formula is C71H104O14S2. The minimum absolute atomic E-state index is 0.00368. The number of ether oxygens (including phenoxy) is 10. The molecule has 0 aliphatic carbocycles. The Morgan fingerprint density at radius 1 is 0.437 bits per heavy atom. The van der Waals surface area contributed by atoms with Crippen molar-refractivity contribution in [3.63, 3.8) is 0 Å². The SMILES string of the molecule is CCCCC(CC)COC(=O)c1cc(OCC2(COc3cc(C(=O)OCC(CC)CCCC)cc(C(=O)OCC(CC)CCCC)c3)COc3c(-c4sc(C(C)(C)C)c5c4OCCO5)sc(C(C)(C)C)c3OC2)cc(C(=O)OCC(CC)CCCC)c1. The van der Waals surface area contributed by atoms with Gasteiger partial charge in [-0.3, -0.25) is 0 Å². The molecule has 2 aromatic heterocycles. The van der Waals surface area contributed by atoms with E-state index in [1.54, 1.807) is 46.9 Å². The molecule has 2 aromatic carbocycles. The van der Waals surface area contributed by atoms with E-state index in [0.29, 0.717) is 30.5 Å². The average molecular weight is 1250 g/mol. The van der Waals surface area contributed by atoms with Gasteiger partial charge in [0.15, 0.2) is 23.0 Å². The second-order valence-electron chi connectivity index (χ2n) is 26.2. The smallest absolute Gasteiger partial charge is 0.338 e. The van der Waals surface area contributed by atoms with Crippen molar-refractivity contribution >= 4 is 46.6 Å². The number of hydrogen-bond donors (Lipinski definition) is 0. The van der Waals surface area contributed by atoms with E-state index in [4.69, 9.17) is 47.4 Å². The van der Waals surface area contributed by atoms with Gasteiger partial charge in [-0.25, -0.2) is 19.2 Å². The second kappa shape index (κ2) is 33.9. The summed E-state index contributed by atoms with van der Waals surface area (Å²) >= 11 is 3.24. The Balaban J connectivity index is 1.44. The molecule has 0 N–H and O–H groups in total. The molecule has 0 saturated carbocycles. The Kier molecular flexibility index (Phi) is 27.5. The number of unbranched alkanes of at least 4 members (excludes halogenated alkanes) is 4. The summed E-state index contributed by atoms with van der Waals surface area (Å²) in [6.07, 6.45) is 15.4. The van der Waals surface area contributed by atoms with Crippen LogP contribution in [0.2, 0.25) is 0 Å². The molecule has 0 radical (unpaired) electrons. The van der Waals surface area contributed by atoms with E-state index >= 15 is 0 Å². The maximum atomic E-state index is 14.1. The Hall–Kier alpha value is -5.48. The predicted molar refractivity (Wildman–Crippen MR) is 348 cm³/mol. The molecule has 0 fully saturated rings. The lowest BCUT2D eigenvalue weighted by Gasteiger charge is -2.31. The summed E-state index contributed by atoms with van der Waals surface area (Å²) in [6.45, 7) is 31.5. The van der Waals surface area contributed by atoms with E-state index in [1.165, 1.54) is 12.1 Å². The number of benzene rings is 2. The van der Waals surface area contributed by atoms with Gasteiger partial charge in [-0.05, 0) is 85.8 Å². The largest absolute Gasteiger partial charge is 0.493 e. The molecule has 484 valence electrons. The third-order valence-corrected chi connectivity index (χ3v) is 20.0. The van der Waals surface area contributed by atoms with Crippen LogP contribution in [0.25, 0.3) is 9.75 Å². The zero-order valence-corrected chi connectivity index (χ0v) is 56.8. The van der Waals surface area contributed by atoms with Crippen LogP contribution in [0.5, 0.6) is 34.5 Å². The molecule has 6 rings (SSSR count). The minimum Gasteiger partial charge on any atom is -0.493 e. The molecule has 0 saturated heterocycles. The number of thiophene rings is 2. The topological polar surface area (TPSA) is 161 Å². The van der Waals surface area contributed by atoms with Gasteiger partial charge in [-0.1, -0.05) is 174 Å². The summed E-state index contributed by atoms with van der Waals surface area (Å²) in [5.74, 6) is 1.49. The highest BCUT2D eigenvalue weighted by molar-refractivity contribution is 7.23. The normalized spacial score (nSPS) is 16.3. The van der Waals surface area contributed by atoms with E-state index in [1.807, 2.05) is 0 Å². The standard InChI is InChI=1S/C71H104O14S2/c1-15-23-27-47(19-5)39-78-65(72)51-33-52(66(73)79-40-48(20-6)28-24-16-2)36-55(35-51)82-43-71(45-84-58-60(85-46-71)64(70(12,13)14)87-62(58)61-57-59(77-32-31-76-57)63(86-61)69(9,10)11)44-83-56-37-53(67(74)80-41-49(21-7)29-25-17-3)34-54(38-56)68(75)81-42-50(22-8)30-26-18-4/h33-38,47-50H,15-32,39-46H2,1-14H3. The van der Waals surface area contributed by atoms with E-state index in [-0.39, 0.29) is 116 Å². The molecule has 4 atom stereocenters. The lowest BCUT2D eigenvalue weighted by molar-refractivity contribution is 0.00886. The molecule has 14 nitrogen and oxygen atoms in total. The average Bonchev–Trinajstić information content (AvgIpc) is 1.84. The molecule has 0 spiro atoms. The molecule has 0 bridgehead atoms. The molecule has 2 aliphatic rings. The fourth-order valence-electron chi connectivity index (χ4n) is 10.6. The second-order valence-corrected chi connectivity index (χ2v) is 28.3. The summed E-state index contributed by atoms with van der Waals surface area (Å²) in [6, 6.07) is 9.43. The molecule has 4 aromatic rings. The number of fused-ring (bicyclic) bond motifs is 2. The molecular weight excluding hydrogens is 1140 g/mol. The van der Waals surface area contributed by atoms with Gasteiger partial charge in [0.05, 0.1) is 68.2 Å². The van der Waals surface area contributed by atoms with Crippen molar-refractivity contribution < 1.29 is 66.5 Å². The van der Waals surface area contributed by atoms with Crippen LogP contribution in [0.4, 0.5) is 0 Å². The quantitative estimate of drug-likeness (QED) is 0.0316. The number of carbonyl (C=O) groups excluding carboxylic acids is 4. The Morgan fingerprint density at radius 3 is 1.02 bits per heavy atom. The summed E-state index contributed by atoms with van der Waals surface area (Å²) in [5.41, 5.74) is -1.18. The molecule has 4 unspecified atom stereocenters. The Labute approximate surface area is 528 Å². The molecule has 2 aliphatic heterocycles. The maximum absolute atomic E-state index is 14.1. The van der Waals surface area contributed by atoms with Gasteiger partial charge in [0.1, 0.15) is 56.6 Å². The van der Waals surface area contributed by atoms with E-state index in [0.717, 1.165) is 128 Å². The first-order valence-corrected chi connectivity index (χ1v) is 34.4. The zero-order chi connectivity index (χ0) is 63.3. The zero-order valence-electron chi connectivity index (χ0n) is 55.2.